The number of fused-ring (bicyclic) bond motifs is 3. The van der Waals surface area contributed by atoms with Gasteiger partial charge in [-0.05, 0) is 74.0 Å². The molecule has 3 rings (SSSR count). The van der Waals surface area contributed by atoms with Crippen molar-refractivity contribution in [3.05, 3.63) is 11.1 Å². The van der Waals surface area contributed by atoms with Gasteiger partial charge in [-0.15, -0.1) is 0 Å². The van der Waals surface area contributed by atoms with Crippen LogP contribution in [0.1, 0.15) is 93.4 Å². The highest BCUT2D eigenvalue weighted by Crippen LogP contribution is 2.58. The van der Waals surface area contributed by atoms with Crippen molar-refractivity contribution in [3.8, 4) is 0 Å². The summed E-state index contributed by atoms with van der Waals surface area (Å²) >= 11 is 0. The standard InChI is InChI=1S/C20H34.CH4/c1-14-7-6-11-20(5)12-10-17-15(2)8-9-16(13-18(14)20)19(17,3)4;/h14,16,18H,6-13H2,1-5H3;1H4. The van der Waals surface area contributed by atoms with E-state index in [4.69, 9.17) is 0 Å². The van der Waals surface area contributed by atoms with E-state index in [2.05, 4.69) is 34.6 Å². The Morgan fingerprint density at radius 1 is 1.00 bits per heavy atom. The van der Waals surface area contributed by atoms with Crippen molar-refractivity contribution >= 4 is 0 Å². The summed E-state index contributed by atoms with van der Waals surface area (Å²) in [4.78, 5) is 0. The Morgan fingerprint density at radius 3 is 2.43 bits per heavy atom. The number of hydrogen-bond donors (Lipinski definition) is 0. The molecule has 0 aromatic heterocycles. The van der Waals surface area contributed by atoms with Crippen LogP contribution in [0.25, 0.3) is 0 Å². The van der Waals surface area contributed by atoms with E-state index in [0.29, 0.717) is 10.8 Å². The van der Waals surface area contributed by atoms with E-state index < -0.39 is 0 Å². The van der Waals surface area contributed by atoms with Gasteiger partial charge in [-0.3, -0.25) is 0 Å². The molecular formula is C21H38. The second kappa shape index (κ2) is 5.74. The first-order valence-corrected chi connectivity index (χ1v) is 9.04. The van der Waals surface area contributed by atoms with E-state index in [-0.39, 0.29) is 7.43 Å². The van der Waals surface area contributed by atoms with E-state index in [1.165, 1.54) is 51.4 Å². The zero-order chi connectivity index (χ0) is 14.5. The molecule has 0 N–H and O–H groups in total. The summed E-state index contributed by atoms with van der Waals surface area (Å²) in [6.07, 6.45) is 11.6. The maximum atomic E-state index is 2.62. The minimum atomic E-state index is 0. The minimum absolute atomic E-state index is 0. The van der Waals surface area contributed by atoms with Crippen LogP contribution in [0.4, 0.5) is 0 Å². The first-order valence-electron chi connectivity index (χ1n) is 9.04. The van der Waals surface area contributed by atoms with Gasteiger partial charge in [-0.2, -0.15) is 0 Å². The Balaban J connectivity index is 0.00000161. The topological polar surface area (TPSA) is 0 Å². The molecule has 2 fully saturated rings. The van der Waals surface area contributed by atoms with Gasteiger partial charge in [-0.25, -0.2) is 0 Å². The molecule has 122 valence electrons. The Hall–Kier alpha value is -0.260. The molecule has 0 aliphatic heterocycles. The fourth-order valence-electron chi connectivity index (χ4n) is 6.09. The van der Waals surface area contributed by atoms with Crippen LogP contribution in [0.2, 0.25) is 0 Å². The van der Waals surface area contributed by atoms with Crippen LogP contribution in [0.15, 0.2) is 11.1 Å². The van der Waals surface area contributed by atoms with Gasteiger partial charge in [0.2, 0.25) is 0 Å². The highest BCUT2D eigenvalue weighted by atomic mass is 14.5. The Morgan fingerprint density at radius 2 is 1.71 bits per heavy atom. The fourth-order valence-corrected chi connectivity index (χ4v) is 6.09. The Bertz CT molecular complexity index is 414. The second-order valence-electron chi connectivity index (χ2n) is 9.08. The largest absolute Gasteiger partial charge is 0.0776 e. The van der Waals surface area contributed by atoms with Crippen molar-refractivity contribution in [2.45, 2.75) is 93.4 Å². The third-order valence-electron chi connectivity index (χ3n) is 7.66. The van der Waals surface area contributed by atoms with Crippen LogP contribution in [-0.4, -0.2) is 0 Å². The molecule has 2 bridgehead atoms. The molecule has 0 nitrogen and oxygen atoms in total. The van der Waals surface area contributed by atoms with Crippen LogP contribution in [0.5, 0.6) is 0 Å². The lowest BCUT2D eigenvalue weighted by atomic mass is 9.52. The van der Waals surface area contributed by atoms with Crippen molar-refractivity contribution < 1.29 is 0 Å². The van der Waals surface area contributed by atoms with E-state index in [9.17, 15) is 0 Å². The molecule has 0 aromatic carbocycles. The third-order valence-corrected chi connectivity index (χ3v) is 7.66. The molecule has 0 heteroatoms. The maximum Gasteiger partial charge on any atom is -0.0114 e. The van der Waals surface area contributed by atoms with Crippen molar-refractivity contribution in [2.75, 3.05) is 0 Å². The van der Waals surface area contributed by atoms with E-state index in [1.807, 2.05) is 5.57 Å². The van der Waals surface area contributed by atoms with Crippen molar-refractivity contribution in [3.63, 3.8) is 0 Å². The lowest BCUT2D eigenvalue weighted by Gasteiger charge is -2.53. The molecule has 0 radical (unpaired) electrons. The maximum absolute atomic E-state index is 2.62. The van der Waals surface area contributed by atoms with Crippen molar-refractivity contribution in [1.82, 2.24) is 0 Å². The molecule has 4 atom stereocenters. The van der Waals surface area contributed by atoms with Crippen LogP contribution in [0, 0.1) is 28.6 Å². The zero-order valence-electron chi connectivity index (χ0n) is 14.4. The van der Waals surface area contributed by atoms with Crippen LogP contribution in [-0.2, 0) is 0 Å². The van der Waals surface area contributed by atoms with E-state index in [0.717, 1.165) is 17.8 Å². The first kappa shape index (κ1) is 17.1. The van der Waals surface area contributed by atoms with Crippen LogP contribution < -0.4 is 0 Å². The predicted molar refractivity (Wildman–Crippen MR) is 94.4 cm³/mol. The smallest absolute Gasteiger partial charge is 0.0114 e. The average Bonchev–Trinajstić information content (AvgIpc) is 2.35. The van der Waals surface area contributed by atoms with Gasteiger partial charge < -0.3 is 0 Å². The molecule has 0 aromatic rings. The summed E-state index contributed by atoms with van der Waals surface area (Å²) < 4.78 is 0. The summed E-state index contributed by atoms with van der Waals surface area (Å²) in [5.41, 5.74) is 4.68. The van der Waals surface area contributed by atoms with Gasteiger partial charge in [-0.1, -0.05) is 59.1 Å². The monoisotopic (exact) mass is 290 g/mol. The average molecular weight is 291 g/mol. The molecule has 0 spiro atoms. The Labute approximate surface area is 133 Å². The number of rotatable bonds is 0. The van der Waals surface area contributed by atoms with E-state index in [1.54, 1.807) is 5.57 Å². The van der Waals surface area contributed by atoms with Gasteiger partial charge >= 0.3 is 0 Å². The molecule has 4 unspecified atom stereocenters. The molecule has 0 amide bonds. The molecule has 0 saturated heterocycles. The zero-order valence-corrected chi connectivity index (χ0v) is 14.4. The summed E-state index contributed by atoms with van der Waals surface area (Å²) in [5.74, 6) is 2.88. The molecule has 21 heavy (non-hydrogen) atoms. The van der Waals surface area contributed by atoms with Gasteiger partial charge in [0.25, 0.3) is 0 Å². The van der Waals surface area contributed by atoms with E-state index >= 15 is 0 Å². The van der Waals surface area contributed by atoms with Gasteiger partial charge in [0.05, 0.1) is 0 Å². The first-order chi connectivity index (χ1) is 9.34. The molecule has 3 aliphatic carbocycles. The third kappa shape index (κ3) is 2.73. The minimum Gasteiger partial charge on any atom is -0.0776 e. The quantitative estimate of drug-likeness (QED) is 0.421. The SMILES string of the molecule is C.CC1=C2CCC3(C)CCCC(C)C3CC(CC1)C2(C)C. The molecule has 0 heterocycles. The predicted octanol–water partition coefficient (Wildman–Crippen LogP) is 7.00. The van der Waals surface area contributed by atoms with Crippen LogP contribution in [0.3, 0.4) is 0 Å². The van der Waals surface area contributed by atoms with Gasteiger partial charge in [0.1, 0.15) is 0 Å². The van der Waals surface area contributed by atoms with Crippen LogP contribution >= 0.6 is 0 Å². The van der Waals surface area contributed by atoms with Crippen molar-refractivity contribution in [2.24, 2.45) is 28.6 Å². The van der Waals surface area contributed by atoms with Gasteiger partial charge in [0, 0.05) is 0 Å². The van der Waals surface area contributed by atoms with Gasteiger partial charge in [0.15, 0.2) is 0 Å². The van der Waals surface area contributed by atoms with Crippen molar-refractivity contribution in [1.29, 1.82) is 0 Å². The number of hydrogen-bond acceptors (Lipinski definition) is 0. The number of allylic oxidation sites excluding steroid dienone is 2. The highest BCUT2D eigenvalue weighted by molar-refractivity contribution is 5.25. The fraction of sp³-hybridized carbons (Fsp3) is 0.905. The lowest BCUT2D eigenvalue weighted by Crippen LogP contribution is -2.43. The highest BCUT2D eigenvalue weighted by Gasteiger charge is 2.47. The molecular weight excluding hydrogens is 252 g/mol. The lowest BCUT2D eigenvalue weighted by molar-refractivity contribution is 0.00534. The summed E-state index contributed by atoms with van der Waals surface area (Å²) in [6.45, 7) is 12.7. The summed E-state index contributed by atoms with van der Waals surface area (Å²) in [6, 6.07) is 0. The molecule has 2 saturated carbocycles. The molecule has 3 aliphatic rings. The summed E-state index contributed by atoms with van der Waals surface area (Å²) in [7, 11) is 0. The normalized spacial score (nSPS) is 42.4. The second-order valence-corrected chi connectivity index (χ2v) is 9.08. The Kier molecular flexibility index (Phi) is 4.68. The summed E-state index contributed by atoms with van der Waals surface area (Å²) in [5, 5.41) is 0.